The molecule has 2 amide bonds. The van der Waals surface area contributed by atoms with Crippen LogP contribution in [0.15, 0.2) is 23.9 Å². The van der Waals surface area contributed by atoms with Gasteiger partial charge in [0, 0.05) is 50.5 Å². The Kier molecular flexibility index (Phi) is 7.38. The normalized spacial score (nSPS) is 21.0. The lowest BCUT2D eigenvalue weighted by molar-refractivity contribution is -0.125. The first kappa shape index (κ1) is 20.2. The maximum Gasteiger partial charge on any atom is 0.237 e. The molecule has 1 aromatic heterocycles. The van der Waals surface area contributed by atoms with Gasteiger partial charge in [-0.3, -0.25) is 19.2 Å². The highest BCUT2D eigenvalue weighted by Crippen LogP contribution is 2.20. The molecule has 1 aliphatic heterocycles. The summed E-state index contributed by atoms with van der Waals surface area (Å²) >= 11 is 0. The maximum absolute atomic E-state index is 12.4. The molecule has 144 valence electrons. The molecular weight excluding hydrogens is 330 g/mol. The first-order valence-corrected chi connectivity index (χ1v) is 9.35. The number of aromatic nitrogens is 2. The number of hydrogen-bond donors (Lipinski definition) is 2. The third kappa shape index (κ3) is 5.42. The topological polar surface area (TPSA) is 79.3 Å². The van der Waals surface area contributed by atoms with Crippen LogP contribution in [-0.4, -0.2) is 58.2 Å². The minimum Gasteiger partial charge on any atom is -0.355 e. The van der Waals surface area contributed by atoms with Crippen LogP contribution >= 0.6 is 0 Å². The van der Waals surface area contributed by atoms with Crippen molar-refractivity contribution in [2.45, 2.75) is 59.2 Å². The number of likely N-dealkylation sites (N-methyl/N-ethyl adjacent to an activating group) is 1. The Balaban J connectivity index is 1.91. The minimum absolute atomic E-state index is 0.00141. The number of aryl methyl sites for hydroxylation is 2. The summed E-state index contributed by atoms with van der Waals surface area (Å²) in [4.78, 5) is 26.8. The molecule has 0 unspecified atom stereocenters. The fourth-order valence-electron chi connectivity index (χ4n) is 3.30. The van der Waals surface area contributed by atoms with Crippen molar-refractivity contribution < 1.29 is 9.59 Å². The smallest absolute Gasteiger partial charge is 0.237 e. The summed E-state index contributed by atoms with van der Waals surface area (Å²) in [5.74, 6) is 0.0458. The highest BCUT2D eigenvalue weighted by molar-refractivity contribution is 5.82. The predicted octanol–water partition coefficient (Wildman–Crippen LogP) is 1.24. The van der Waals surface area contributed by atoms with Crippen LogP contribution in [0.4, 0.5) is 0 Å². The lowest BCUT2D eigenvalue weighted by Crippen LogP contribution is -2.43. The highest BCUT2D eigenvalue weighted by Gasteiger charge is 2.36. The molecule has 0 bridgehead atoms. The van der Waals surface area contributed by atoms with E-state index in [4.69, 9.17) is 0 Å². The zero-order chi connectivity index (χ0) is 19.1. The van der Waals surface area contributed by atoms with Gasteiger partial charge in [0.2, 0.25) is 11.8 Å². The van der Waals surface area contributed by atoms with Crippen molar-refractivity contribution in [3.8, 4) is 0 Å². The average Bonchev–Trinajstić information content (AvgIpc) is 3.19. The fourth-order valence-corrected chi connectivity index (χ4v) is 3.30. The molecule has 7 heteroatoms. The lowest BCUT2D eigenvalue weighted by Gasteiger charge is -2.23. The van der Waals surface area contributed by atoms with Crippen LogP contribution < -0.4 is 10.6 Å². The van der Waals surface area contributed by atoms with Crippen LogP contribution in [0.2, 0.25) is 0 Å². The molecule has 2 atom stereocenters. The van der Waals surface area contributed by atoms with E-state index in [1.807, 2.05) is 31.5 Å². The van der Waals surface area contributed by atoms with Crippen molar-refractivity contribution in [3.63, 3.8) is 0 Å². The highest BCUT2D eigenvalue weighted by atomic mass is 16.2. The largest absolute Gasteiger partial charge is 0.355 e. The van der Waals surface area contributed by atoms with Crippen LogP contribution in [0.3, 0.4) is 0 Å². The van der Waals surface area contributed by atoms with Crippen LogP contribution in [0, 0.1) is 6.92 Å². The van der Waals surface area contributed by atoms with E-state index in [0.29, 0.717) is 32.5 Å². The number of allylic oxidation sites excluding steroid dienone is 1. The van der Waals surface area contributed by atoms with E-state index < -0.39 is 0 Å². The van der Waals surface area contributed by atoms with Crippen molar-refractivity contribution in [2.24, 2.45) is 0 Å². The van der Waals surface area contributed by atoms with Crippen molar-refractivity contribution in [3.05, 3.63) is 29.6 Å². The number of carbonyl (C=O) groups is 2. The van der Waals surface area contributed by atoms with Crippen LogP contribution in [0.5, 0.6) is 0 Å². The van der Waals surface area contributed by atoms with Crippen molar-refractivity contribution in [1.29, 1.82) is 0 Å². The van der Waals surface area contributed by atoms with E-state index in [1.54, 1.807) is 6.20 Å². The summed E-state index contributed by atoms with van der Waals surface area (Å²) in [6.07, 6.45) is 4.84. The summed E-state index contributed by atoms with van der Waals surface area (Å²) in [7, 11) is 0. The second kappa shape index (κ2) is 9.52. The summed E-state index contributed by atoms with van der Waals surface area (Å²) in [5, 5.41) is 10.2. The summed E-state index contributed by atoms with van der Waals surface area (Å²) in [6.45, 7) is 10.6. The third-order valence-corrected chi connectivity index (χ3v) is 4.85. The monoisotopic (exact) mass is 361 g/mol. The van der Waals surface area contributed by atoms with Crippen molar-refractivity contribution >= 4 is 11.8 Å². The fraction of sp³-hybridized carbons (Fsp3) is 0.632. The van der Waals surface area contributed by atoms with Gasteiger partial charge in [0.25, 0.3) is 0 Å². The van der Waals surface area contributed by atoms with Gasteiger partial charge in [-0.2, -0.15) is 5.10 Å². The molecule has 1 saturated heterocycles. The Hall–Kier alpha value is -2.15. The van der Waals surface area contributed by atoms with Gasteiger partial charge in [0.1, 0.15) is 0 Å². The number of nitrogens with one attached hydrogen (secondary N) is 2. The van der Waals surface area contributed by atoms with Gasteiger partial charge >= 0.3 is 0 Å². The summed E-state index contributed by atoms with van der Waals surface area (Å²) in [6, 6.07) is 1.73. The number of carbonyl (C=O) groups excluding carboxylic acids is 2. The predicted molar refractivity (Wildman–Crippen MR) is 102 cm³/mol. The van der Waals surface area contributed by atoms with Gasteiger partial charge < -0.3 is 10.6 Å². The molecule has 2 rings (SSSR count). The van der Waals surface area contributed by atoms with E-state index in [0.717, 1.165) is 12.2 Å². The van der Waals surface area contributed by atoms with Gasteiger partial charge in [0.15, 0.2) is 0 Å². The van der Waals surface area contributed by atoms with Crippen LogP contribution in [0.1, 0.15) is 39.3 Å². The second-order valence-corrected chi connectivity index (χ2v) is 6.92. The van der Waals surface area contributed by atoms with Crippen molar-refractivity contribution in [1.82, 2.24) is 25.3 Å². The van der Waals surface area contributed by atoms with Crippen LogP contribution in [-0.2, 0) is 16.1 Å². The maximum atomic E-state index is 12.4. The summed E-state index contributed by atoms with van der Waals surface area (Å²) < 4.78 is 1.83. The van der Waals surface area contributed by atoms with Gasteiger partial charge in [-0.05, 0) is 40.2 Å². The number of rotatable bonds is 8. The molecule has 0 radical (unpaired) electrons. The Morgan fingerprint density at radius 1 is 1.42 bits per heavy atom. The number of amides is 2. The Morgan fingerprint density at radius 2 is 2.19 bits per heavy atom. The SMILES string of the molecule is C/C=C(\C)CN1C[C@H](NC(=O)CCn2nccc2C)C[C@H]1C(=O)NCC. The molecule has 2 heterocycles. The standard InChI is InChI=1S/C19H31N5O2/c1-5-14(3)12-23-13-16(11-17(23)19(26)20-6-2)22-18(25)8-10-24-15(4)7-9-21-24/h5,7,9,16-17H,6,8,10-13H2,1-4H3,(H,20,26)(H,22,25)/b14-5+/t16-,17+/m1/s1. The quantitative estimate of drug-likeness (QED) is 0.683. The molecule has 0 spiro atoms. The minimum atomic E-state index is -0.191. The molecule has 7 nitrogen and oxygen atoms in total. The van der Waals surface area contributed by atoms with E-state index in [9.17, 15) is 9.59 Å². The average molecular weight is 361 g/mol. The molecule has 1 aromatic rings. The Labute approximate surface area is 155 Å². The molecular formula is C19H31N5O2. The first-order valence-electron chi connectivity index (χ1n) is 9.35. The second-order valence-electron chi connectivity index (χ2n) is 6.92. The van der Waals surface area contributed by atoms with Crippen molar-refractivity contribution in [2.75, 3.05) is 19.6 Å². The van der Waals surface area contributed by atoms with Gasteiger partial charge in [-0.25, -0.2) is 0 Å². The van der Waals surface area contributed by atoms with Gasteiger partial charge in [-0.1, -0.05) is 11.6 Å². The zero-order valence-corrected chi connectivity index (χ0v) is 16.3. The Bertz CT molecular complexity index is 652. The van der Waals surface area contributed by atoms with Crippen LogP contribution in [0.25, 0.3) is 0 Å². The molecule has 0 aliphatic carbocycles. The van der Waals surface area contributed by atoms with E-state index in [2.05, 4.69) is 33.6 Å². The molecule has 1 fully saturated rings. The molecule has 0 aromatic carbocycles. The molecule has 1 aliphatic rings. The number of likely N-dealkylation sites (tertiary alicyclic amines) is 1. The molecule has 0 saturated carbocycles. The number of nitrogens with zero attached hydrogens (tertiary/aromatic N) is 3. The Morgan fingerprint density at radius 3 is 2.81 bits per heavy atom. The van der Waals surface area contributed by atoms with Gasteiger partial charge in [0.05, 0.1) is 6.04 Å². The molecule has 2 N–H and O–H groups in total. The van der Waals surface area contributed by atoms with Gasteiger partial charge in [-0.15, -0.1) is 0 Å². The summed E-state index contributed by atoms with van der Waals surface area (Å²) in [5.41, 5.74) is 2.27. The van der Waals surface area contributed by atoms with E-state index in [1.165, 1.54) is 5.57 Å². The zero-order valence-electron chi connectivity index (χ0n) is 16.3. The molecule has 26 heavy (non-hydrogen) atoms. The first-order chi connectivity index (χ1) is 12.4. The lowest BCUT2D eigenvalue weighted by atomic mass is 10.1. The van der Waals surface area contributed by atoms with E-state index in [-0.39, 0.29) is 23.9 Å². The number of hydrogen-bond acceptors (Lipinski definition) is 4. The third-order valence-electron chi connectivity index (χ3n) is 4.85. The van der Waals surface area contributed by atoms with E-state index >= 15 is 0 Å².